The van der Waals surface area contributed by atoms with Crippen LogP contribution in [-0.4, -0.2) is 15.7 Å². The van der Waals surface area contributed by atoms with Crippen molar-refractivity contribution in [2.45, 2.75) is 13.2 Å². The molecule has 164 valence electrons. The predicted octanol–water partition coefficient (Wildman–Crippen LogP) is 6.56. The summed E-state index contributed by atoms with van der Waals surface area (Å²) in [4.78, 5) is 12.5. The number of furan rings is 1. The van der Waals surface area contributed by atoms with E-state index in [0.717, 1.165) is 10.0 Å². The Kier molecular flexibility index (Phi) is 6.83. The Morgan fingerprint density at radius 3 is 2.66 bits per heavy atom. The van der Waals surface area contributed by atoms with E-state index in [0.29, 0.717) is 23.1 Å². The fraction of sp³-hybridized carbons (Fsp3) is 0.0909. The van der Waals surface area contributed by atoms with Gasteiger partial charge in [-0.05, 0) is 48.0 Å². The minimum absolute atomic E-state index is 0.0784. The van der Waals surface area contributed by atoms with E-state index in [1.165, 1.54) is 18.2 Å². The fourth-order valence-electron chi connectivity index (χ4n) is 2.83. The summed E-state index contributed by atoms with van der Waals surface area (Å²) in [5, 5.41) is 7.61. The van der Waals surface area contributed by atoms with Crippen molar-refractivity contribution in [2.75, 3.05) is 5.32 Å². The van der Waals surface area contributed by atoms with Gasteiger partial charge in [0.2, 0.25) is 0 Å². The molecule has 1 amide bonds. The molecule has 0 aliphatic rings. The van der Waals surface area contributed by atoms with Crippen molar-refractivity contribution in [1.29, 1.82) is 0 Å². The van der Waals surface area contributed by atoms with Crippen LogP contribution in [0.1, 0.15) is 21.9 Å². The monoisotopic (exact) mass is 537 g/mol. The molecular formula is C22H15BrCl2FN3O3. The van der Waals surface area contributed by atoms with Gasteiger partial charge < -0.3 is 14.5 Å². The Morgan fingerprint density at radius 2 is 1.91 bits per heavy atom. The van der Waals surface area contributed by atoms with Crippen molar-refractivity contribution in [3.63, 3.8) is 0 Å². The van der Waals surface area contributed by atoms with Crippen LogP contribution in [0, 0.1) is 5.82 Å². The number of hydrogen-bond donors (Lipinski definition) is 1. The molecule has 2 aromatic heterocycles. The molecular weight excluding hydrogens is 524 g/mol. The smallest absolute Gasteiger partial charge is 0.292 e. The molecule has 0 aliphatic carbocycles. The number of nitrogens with zero attached hydrogens (tertiary/aromatic N) is 2. The first-order valence-corrected chi connectivity index (χ1v) is 10.9. The van der Waals surface area contributed by atoms with Gasteiger partial charge >= 0.3 is 0 Å². The molecule has 0 atom stereocenters. The summed E-state index contributed by atoms with van der Waals surface area (Å²) in [5.74, 6) is 0.386. The lowest BCUT2D eigenvalue weighted by atomic mass is 10.2. The first kappa shape index (κ1) is 22.4. The van der Waals surface area contributed by atoms with Crippen molar-refractivity contribution in [3.05, 3.63) is 98.2 Å². The number of carbonyl (C=O) groups is 1. The van der Waals surface area contributed by atoms with Gasteiger partial charge in [0, 0.05) is 10.7 Å². The van der Waals surface area contributed by atoms with Gasteiger partial charge in [0.15, 0.2) is 11.6 Å². The largest absolute Gasteiger partial charge is 0.484 e. The molecule has 6 nitrogen and oxygen atoms in total. The van der Waals surface area contributed by atoms with E-state index < -0.39 is 5.91 Å². The predicted molar refractivity (Wildman–Crippen MR) is 123 cm³/mol. The first-order chi connectivity index (χ1) is 15.4. The van der Waals surface area contributed by atoms with Gasteiger partial charge in [-0.25, -0.2) is 4.39 Å². The third kappa shape index (κ3) is 5.51. The molecule has 0 aliphatic heterocycles. The quantitative estimate of drug-likeness (QED) is 0.289. The second kappa shape index (κ2) is 9.77. The summed E-state index contributed by atoms with van der Waals surface area (Å²) in [6, 6.07) is 14.5. The molecule has 0 bridgehead atoms. The average Bonchev–Trinajstić information content (AvgIpc) is 3.36. The van der Waals surface area contributed by atoms with Gasteiger partial charge in [-0.2, -0.15) is 5.10 Å². The summed E-state index contributed by atoms with van der Waals surface area (Å²) in [6.45, 7) is 0.471. The Hall–Kier alpha value is -2.81. The molecule has 10 heteroatoms. The van der Waals surface area contributed by atoms with E-state index in [2.05, 4.69) is 26.3 Å². The number of hydrogen-bond acceptors (Lipinski definition) is 4. The summed E-state index contributed by atoms with van der Waals surface area (Å²) < 4.78 is 26.6. The Morgan fingerprint density at radius 1 is 1.12 bits per heavy atom. The molecule has 0 saturated heterocycles. The van der Waals surface area contributed by atoms with E-state index in [-0.39, 0.29) is 29.0 Å². The number of anilines is 1. The third-order valence-corrected chi connectivity index (χ3v) is 5.42. The number of nitrogens with one attached hydrogen (secondary N) is 1. The van der Waals surface area contributed by atoms with Crippen LogP contribution in [0.25, 0.3) is 0 Å². The Bertz CT molecular complexity index is 1260. The number of amides is 1. The lowest BCUT2D eigenvalue weighted by Gasteiger charge is -2.06. The lowest BCUT2D eigenvalue weighted by Crippen LogP contribution is -2.12. The van der Waals surface area contributed by atoms with E-state index >= 15 is 0 Å². The zero-order valence-corrected chi connectivity index (χ0v) is 19.4. The maximum absolute atomic E-state index is 13.1. The summed E-state index contributed by atoms with van der Waals surface area (Å²) >= 11 is 15.7. The molecule has 4 rings (SSSR count). The second-order valence-corrected chi connectivity index (χ2v) is 8.46. The molecule has 0 fully saturated rings. The van der Waals surface area contributed by atoms with Gasteiger partial charge in [-0.3, -0.25) is 9.48 Å². The number of benzene rings is 2. The topological polar surface area (TPSA) is 69.3 Å². The molecule has 0 radical (unpaired) electrons. The highest BCUT2D eigenvalue weighted by atomic mass is 79.9. The van der Waals surface area contributed by atoms with E-state index in [1.807, 2.05) is 0 Å². The van der Waals surface area contributed by atoms with Crippen LogP contribution in [0.4, 0.5) is 10.2 Å². The molecule has 0 spiro atoms. The Labute approximate surface area is 201 Å². The maximum atomic E-state index is 13.1. The van der Waals surface area contributed by atoms with Gasteiger partial charge in [0.05, 0.1) is 11.6 Å². The van der Waals surface area contributed by atoms with Crippen molar-refractivity contribution in [2.24, 2.45) is 0 Å². The van der Waals surface area contributed by atoms with Crippen LogP contribution in [-0.2, 0) is 13.2 Å². The minimum atomic E-state index is -0.508. The first-order valence-electron chi connectivity index (χ1n) is 9.33. The number of halogens is 4. The number of ether oxygens (including phenoxy) is 1. The van der Waals surface area contributed by atoms with Crippen LogP contribution < -0.4 is 10.1 Å². The highest BCUT2D eigenvalue weighted by Gasteiger charge is 2.16. The van der Waals surface area contributed by atoms with Gasteiger partial charge in [-0.15, -0.1) is 0 Å². The second-order valence-electron chi connectivity index (χ2n) is 6.73. The zero-order valence-electron chi connectivity index (χ0n) is 16.3. The van der Waals surface area contributed by atoms with Gasteiger partial charge in [-0.1, -0.05) is 51.3 Å². The average molecular weight is 539 g/mol. The normalized spacial score (nSPS) is 10.9. The number of carbonyl (C=O) groups excluding carboxylic acids is 1. The summed E-state index contributed by atoms with van der Waals surface area (Å²) in [5.41, 5.74) is 0.838. The molecule has 0 unspecified atom stereocenters. The molecule has 32 heavy (non-hydrogen) atoms. The van der Waals surface area contributed by atoms with Crippen molar-refractivity contribution in [3.8, 4) is 5.75 Å². The van der Waals surface area contributed by atoms with E-state index in [4.69, 9.17) is 32.4 Å². The molecule has 2 aromatic carbocycles. The van der Waals surface area contributed by atoms with E-state index in [9.17, 15) is 9.18 Å². The van der Waals surface area contributed by atoms with Crippen LogP contribution in [0.15, 0.2) is 69.7 Å². The molecule has 1 N–H and O–H groups in total. The maximum Gasteiger partial charge on any atom is 0.292 e. The fourth-order valence-corrected chi connectivity index (χ4v) is 3.75. The highest BCUT2D eigenvalue weighted by Crippen LogP contribution is 2.28. The standard InChI is InChI=1S/C22H15BrCl2FN3O3/c23-14-3-7-19(17(24)9-14)31-12-16-6-8-20(32-16)22(30)27-21-18(25)11-29(28-21)10-13-1-4-15(26)5-2-13/h1-9,11H,10,12H2,(H,27,28,30). The van der Waals surface area contributed by atoms with Gasteiger partial charge in [0.25, 0.3) is 5.91 Å². The van der Waals surface area contributed by atoms with Crippen molar-refractivity contribution >= 4 is 50.9 Å². The summed E-state index contributed by atoms with van der Waals surface area (Å²) in [7, 11) is 0. The minimum Gasteiger partial charge on any atom is -0.484 e. The Balaban J connectivity index is 1.37. The SMILES string of the molecule is O=C(Nc1nn(Cc2ccc(F)cc2)cc1Cl)c1ccc(COc2ccc(Br)cc2Cl)o1. The lowest BCUT2D eigenvalue weighted by molar-refractivity contribution is 0.0992. The van der Waals surface area contributed by atoms with E-state index in [1.54, 1.807) is 47.3 Å². The van der Waals surface area contributed by atoms with Crippen LogP contribution in [0.3, 0.4) is 0 Å². The third-order valence-electron chi connectivity index (χ3n) is 4.36. The number of aromatic nitrogens is 2. The highest BCUT2D eigenvalue weighted by molar-refractivity contribution is 9.10. The molecule has 2 heterocycles. The molecule has 4 aromatic rings. The van der Waals surface area contributed by atoms with Crippen molar-refractivity contribution < 1.29 is 18.3 Å². The zero-order chi connectivity index (χ0) is 22.7. The number of rotatable bonds is 7. The van der Waals surface area contributed by atoms with Gasteiger partial charge in [0.1, 0.15) is 29.0 Å². The van der Waals surface area contributed by atoms with Crippen molar-refractivity contribution in [1.82, 2.24) is 9.78 Å². The van der Waals surface area contributed by atoms with Crippen LogP contribution in [0.5, 0.6) is 5.75 Å². The van der Waals surface area contributed by atoms with Crippen LogP contribution in [0.2, 0.25) is 10.0 Å². The molecule has 0 saturated carbocycles. The summed E-state index contributed by atoms with van der Waals surface area (Å²) in [6.07, 6.45) is 1.57. The van der Waals surface area contributed by atoms with Crippen LogP contribution >= 0.6 is 39.1 Å².